The molecular formula is C14H27N3O. The minimum Gasteiger partial charge on any atom is -0.323 e. The van der Waals surface area contributed by atoms with E-state index in [1.807, 2.05) is 16.8 Å². The van der Waals surface area contributed by atoms with Crippen LogP contribution in [0.1, 0.15) is 33.1 Å². The fourth-order valence-electron chi connectivity index (χ4n) is 3.15. The monoisotopic (exact) mass is 253 g/mol. The first-order valence-corrected chi connectivity index (χ1v) is 7.32. The number of hydrogen-bond acceptors (Lipinski definition) is 2. The molecule has 2 atom stereocenters. The molecule has 104 valence electrons. The lowest BCUT2D eigenvalue weighted by molar-refractivity contribution is 0.189. The molecule has 4 heteroatoms. The lowest BCUT2D eigenvalue weighted by atomic mass is 9.96. The number of nitrogens with zero attached hydrogens (tertiary/aromatic N) is 2. The summed E-state index contributed by atoms with van der Waals surface area (Å²) in [6.45, 7) is 8.53. The smallest absolute Gasteiger partial charge is 0.320 e. The zero-order valence-electron chi connectivity index (χ0n) is 12.0. The van der Waals surface area contributed by atoms with E-state index in [1.54, 1.807) is 0 Å². The average Bonchev–Trinajstić information content (AvgIpc) is 2.65. The number of carbonyl (C=O) groups is 1. The number of piperidine rings is 1. The standard InChI is InChI=1S/C14H27N3O/c1-11(2)13-10-17(14(18)16(13)3)8-6-12-5-4-7-15-9-12/h11-13,15H,4-10H2,1-3H3. The van der Waals surface area contributed by atoms with Crippen molar-refractivity contribution >= 4 is 6.03 Å². The third kappa shape index (κ3) is 2.97. The van der Waals surface area contributed by atoms with Gasteiger partial charge in [-0.2, -0.15) is 0 Å². The summed E-state index contributed by atoms with van der Waals surface area (Å²) in [6.07, 6.45) is 3.75. The molecule has 2 saturated heterocycles. The van der Waals surface area contributed by atoms with Crippen LogP contribution in [0, 0.1) is 11.8 Å². The van der Waals surface area contributed by atoms with Crippen molar-refractivity contribution in [3.8, 4) is 0 Å². The Bertz CT molecular complexity index is 287. The maximum atomic E-state index is 12.1. The molecule has 2 aliphatic rings. The molecule has 0 spiro atoms. The van der Waals surface area contributed by atoms with Gasteiger partial charge in [-0.25, -0.2) is 4.79 Å². The first kappa shape index (κ1) is 13.7. The summed E-state index contributed by atoms with van der Waals surface area (Å²) >= 11 is 0. The highest BCUT2D eigenvalue weighted by molar-refractivity contribution is 5.76. The van der Waals surface area contributed by atoms with Crippen LogP contribution in [0.4, 0.5) is 4.79 Å². The van der Waals surface area contributed by atoms with Crippen molar-refractivity contribution < 1.29 is 4.79 Å². The van der Waals surface area contributed by atoms with Crippen molar-refractivity contribution in [2.75, 3.05) is 33.2 Å². The second-order valence-electron chi connectivity index (χ2n) is 6.15. The molecule has 2 heterocycles. The Hall–Kier alpha value is -0.770. The van der Waals surface area contributed by atoms with Crippen molar-refractivity contribution in [3.63, 3.8) is 0 Å². The number of rotatable bonds is 4. The highest BCUT2D eigenvalue weighted by Gasteiger charge is 2.35. The van der Waals surface area contributed by atoms with E-state index in [-0.39, 0.29) is 6.03 Å². The van der Waals surface area contributed by atoms with Gasteiger partial charge in [0.25, 0.3) is 0 Å². The van der Waals surface area contributed by atoms with Crippen LogP contribution in [0.3, 0.4) is 0 Å². The Morgan fingerprint density at radius 3 is 2.78 bits per heavy atom. The minimum absolute atomic E-state index is 0.220. The SMILES string of the molecule is CC(C)C1CN(CCC2CCCNC2)C(=O)N1C. The van der Waals surface area contributed by atoms with Gasteiger partial charge in [-0.3, -0.25) is 0 Å². The van der Waals surface area contributed by atoms with Crippen LogP contribution in [0.15, 0.2) is 0 Å². The second-order valence-corrected chi connectivity index (χ2v) is 6.15. The molecule has 0 aromatic heterocycles. The van der Waals surface area contributed by atoms with Gasteiger partial charge in [0.15, 0.2) is 0 Å². The molecule has 2 fully saturated rings. The molecule has 1 N–H and O–H groups in total. The fraction of sp³-hybridized carbons (Fsp3) is 0.929. The fourth-order valence-corrected chi connectivity index (χ4v) is 3.15. The van der Waals surface area contributed by atoms with E-state index in [0.717, 1.165) is 38.5 Å². The van der Waals surface area contributed by atoms with Crippen LogP contribution in [-0.4, -0.2) is 55.1 Å². The number of likely N-dealkylation sites (N-methyl/N-ethyl adjacent to an activating group) is 1. The van der Waals surface area contributed by atoms with Crippen LogP contribution in [0.25, 0.3) is 0 Å². The van der Waals surface area contributed by atoms with E-state index < -0.39 is 0 Å². The molecule has 0 bridgehead atoms. The Kier molecular flexibility index (Phi) is 4.49. The van der Waals surface area contributed by atoms with E-state index in [0.29, 0.717) is 12.0 Å². The van der Waals surface area contributed by atoms with Crippen molar-refractivity contribution in [2.45, 2.75) is 39.2 Å². The van der Waals surface area contributed by atoms with Crippen molar-refractivity contribution in [2.24, 2.45) is 11.8 Å². The summed E-state index contributed by atoms with van der Waals surface area (Å²) in [5, 5.41) is 3.44. The Balaban J connectivity index is 1.81. The third-order valence-electron chi connectivity index (χ3n) is 4.45. The Morgan fingerprint density at radius 2 is 2.22 bits per heavy atom. The molecule has 2 rings (SSSR count). The summed E-state index contributed by atoms with van der Waals surface area (Å²) in [5.74, 6) is 1.30. The number of amides is 2. The zero-order valence-corrected chi connectivity index (χ0v) is 12.0. The lowest BCUT2D eigenvalue weighted by Crippen LogP contribution is -2.35. The van der Waals surface area contributed by atoms with Gasteiger partial charge in [-0.05, 0) is 44.2 Å². The number of hydrogen-bond donors (Lipinski definition) is 1. The van der Waals surface area contributed by atoms with E-state index in [4.69, 9.17) is 0 Å². The molecule has 0 radical (unpaired) electrons. The second kappa shape index (κ2) is 5.91. The summed E-state index contributed by atoms with van der Waals surface area (Å²) in [7, 11) is 1.94. The zero-order chi connectivity index (χ0) is 13.1. The minimum atomic E-state index is 0.220. The first-order chi connectivity index (χ1) is 8.59. The molecule has 0 aromatic carbocycles. The van der Waals surface area contributed by atoms with Gasteiger partial charge < -0.3 is 15.1 Å². The quantitative estimate of drug-likeness (QED) is 0.829. The van der Waals surface area contributed by atoms with Gasteiger partial charge in [0.05, 0.1) is 6.04 Å². The highest BCUT2D eigenvalue weighted by Crippen LogP contribution is 2.22. The number of carbonyl (C=O) groups excluding carboxylic acids is 1. The largest absolute Gasteiger partial charge is 0.323 e. The Morgan fingerprint density at radius 1 is 1.44 bits per heavy atom. The molecule has 2 aliphatic heterocycles. The highest BCUT2D eigenvalue weighted by atomic mass is 16.2. The van der Waals surface area contributed by atoms with Crippen molar-refractivity contribution in [1.82, 2.24) is 15.1 Å². The molecule has 2 amide bonds. The predicted molar refractivity (Wildman–Crippen MR) is 73.6 cm³/mol. The van der Waals surface area contributed by atoms with E-state index >= 15 is 0 Å². The molecule has 4 nitrogen and oxygen atoms in total. The average molecular weight is 253 g/mol. The van der Waals surface area contributed by atoms with E-state index in [2.05, 4.69) is 19.2 Å². The van der Waals surface area contributed by atoms with Gasteiger partial charge >= 0.3 is 6.03 Å². The topological polar surface area (TPSA) is 35.6 Å². The Labute approximate surface area is 111 Å². The molecule has 0 saturated carbocycles. The van der Waals surface area contributed by atoms with Crippen LogP contribution in [0.2, 0.25) is 0 Å². The summed E-state index contributed by atoms with van der Waals surface area (Å²) in [4.78, 5) is 16.1. The summed E-state index contributed by atoms with van der Waals surface area (Å²) in [5.41, 5.74) is 0. The maximum absolute atomic E-state index is 12.1. The van der Waals surface area contributed by atoms with Crippen LogP contribution >= 0.6 is 0 Å². The number of urea groups is 1. The van der Waals surface area contributed by atoms with E-state index in [9.17, 15) is 4.79 Å². The molecule has 0 aromatic rings. The van der Waals surface area contributed by atoms with E-state index in [1.165, 1.54) is 12.8 Å². The molecule has 0 aliphatic carbocycles. The van der Waals surface area contributed by atoms with Crippen molar-refractivity contribution in [3.05, 3.63) is 0 Å². The summed E-state index contributed by atoms with van der Waals surface area (Å²) < 4.78 is 0. The lowest BCUT2D eigenvalue weighted by Gasteiger charge is -2.25. The third-order valence-corrected chi connectivity index (χ3v) is 4.45. The van der Waals surface area contributed by atoms with Gasteiger partial charge in [0, 0.05) is 20.1 Å². The van der Waals surface area contributed by atoms with Crippen molar-refractivity contribution in [1.29, 1.82) is 0 Å². The van der Waals surface area contributed by atoms with Gasteiger partial charge in [0.1, 0.15) is 0 Å². The molecule has 2 unspecified atom stereocenters. The first-order valence-electron chi connectivity index (χ1n) is 7.32. The summed E-state index contributed by atoms with van der Waals surface area (Å²) in [6, 6.07) is 0.611. The number of nitrogens with one attached hydrogen (secondary N) is 1. The van der Waals surface area contributed by atoms with Gasteiger partial charge in [-0.15, -0.1) is 0 Å². The van der Waals surface area contributed by atoms with Gasteiger partial charge in [0.2, 0.25) is 0 Å². The molecular weight excluding hydrogens is 226 g/mol. The maximum Gasteiger partial charge on any atom is 0.320 e. The predicted octanol–water partition coefficient (Wildman–Crippen LogP) is 1.77. The normalized spacial score (nSPS) is 29.4. The van der Waals surface area contributed by atoms with Gasteiger partial charge in [-0.1, -0.05) is 13.8 Å². The van der Waals surface area contributed by atoms with Crippen LogP contribution in [-0.2, 0) is 0 Å². The van der Waals surface area contributed by atoms with Crippen LogP contribution in [0.5, 0.6) is 0 Å². The molecule has 18 heavy (non-hydrogen) atoms. The van der Waals surface area contributed by atoms with Crippen LogP contribution < -0.4 is 5.32 Å².